The summed E-state index contributed by atoms with van der Waals surface area (Å²) >= 11 is 0. The minimum absolute atomic E-state index is 0.221. The highest BCUT2D eigenvalue weighted by Gasteiger charge is 2.33. The van der Waals surface area contributed by atoms with Gasteiger partial charge in [0.15, 0.2) is 0 Å². The molecule has 0 fully saturated rings. The first kappa shape index (κ1) is 15.9. The first-order valence-corrected chi connectivity index (χ1v) is 9.08. The van der Waals surface area contributed by atoms with Gasteiger partial charge in [-0.25, -0.2) is 8.42 Å². The van der Waals surface area contributed by atoms with Gasteiger partial charge >= 0.3 is 0 Å². The summed E-state index contributed by atoms with van der Waals surface area (Å²) in [6.45, 7) is 5.12. The molecule has 1 unspecified atom stereocenters. The number of nitrogens with zero attached hydrogens (tertiary/aromatic N) is 4. The normalized spacial score (nSPS) is 18.7. The van der Waals surface area contributed by atoms with E-state index in [0.29, 0.717) is 12.2 Å². The summed E-state index contributed by atoms with van der Waals surface area (Å²) < 4.78 is 29.6. The molecule has 1 atom stereocenters. The summed E-state index contributed by atoms with van der Waals surface area (Å²) in [7, 11) is 0.110. The maximum absolute atomic E-state index is 13.2. The average molecular weight is 334 g/mol. The summed E-state index contributed by atoms with van der Waals surface area (Å²) in [5.74, 6) is 0.221. The first-order chi connectivity index (χ1) is 10.8. The summed E-state index contributed by atoms with van der Waals surface area (Å²) in [5.41, 5.74) is 2.30. The quantitative estimate of drug-likeness (QED) is 0.843. The van der Waals surface area contributed by atoms with E-state index in [1.165, 1.54) is 10.5 Å². The average Bonchev–Trinajstić information content (AvgIpc) is 2.77. The van der Waals surface area contributed by atoms with Gasteiger partial charge in [-0.3, -0.25) is 8.99 Å². The van der Waals surface area contributed by atoms with E-state index in [9.17, 15) is 8.42 Å². The van der Waals surface area contributed by atoms with Crippen LogP contribution in [0.2, 0.25) is 0 Å². The van der Waals surface area contributed by atoms with E-state index >= 15 is 0 Å². The van der Waals surface area contributed by atoms with Crippen molar-refractivity contribution in [2.75, 3.05) is 29.3 Å². The number of hydrogen-bond acceptors (Lipinski definition) is 4. The van der Waals surface area contributed by atoms with Crippen LogP contribution >= 0.6 is 0 Å². The fourth-order valence-electron chi connectivity index (χ4n) is 3.08. The van der Waals surface area contributed by atoms with Gasteiger partial charge in [-0.05, 0) is 25.0 Å². The van der Waals surface area contributed by atoms with Gasteiger partial charge < -0.3 is 4.90 Å². The lowest BCUT2D eigenvalue weighted by molar-refractivity contribution is 0.566. The van der Waals surface area contributed by atoms with Gasteiger partial charge in [-0.1, -0.05) is 19.1 Å². The molecule has 1 aliphatic rings. The highest BCUT2D eigenvalue weighted by atomic mass is 32.2. The van der Waals surface area contributed by atoms with Crippen LogP contribution in [0.5, 0.6) is 0 Å². The van der Waals surface area contributed by atoms with Gasteiger partial charge in [-0.2, -0.15) is 5.10 Å². The zero-order valence-electron chi connectivity index (χ0n) is 13.9. The summed E-state index contributed by atoms with van der Waals surface area (Å²) in [4.78, 5) is 2.39. The number of aryl methyl sites for hydroxylation is 1. The van der Waals surface area contributed by atoms with Crippen molar-refractivity contribution in [3.05, 3.63) is 36.2 Å². The predicted molar refractivity (Wildman–Crippen MR) is 91.4 cm³/mol. The summed E-state index contributed by atoms with van der Waals surface area (Å²) in [5, 5.41) is 4.09. The monoisotopic (exact) mass is 334 g/mol. The Morgan fingerprint density at radius 3 is 2.39 bits per heavy atom. The molecule has 1 aromatic heterocycles. The summed E-state index contributed by atoms with van der Waals surface area (Å²) in [6, 6.07) is 7.64. The number of benzene rings is 1. The zero-order chi connectivity index (χ0) is 16.8. The van der Waals surface area contributed by atoms with Gasteiger partial charge in [0, 0.05) is 27.2 Å². The van der Waals surface area contributed by atoms with Crippen molar-refractivity contribution in [1.29, 1.82) is 0 Å². The van der Waals surface area contributed by atoms with Crippen LogP contribution in [-0.4, -0.2) is 38.3 Å². The molecule has 0 radical (unpaired) electrons. The maximum Gasteiger partial charge on any atom is 0.267 e. The smallest absolute Gasteiger partial charge is 0.267 e. The van der Waals surface area contributed by atoms with Gasteiger partial charge in [0.2, 0.25) is 0 Å². The Balaban J connectivity index is 2.17. The standard InChI is InChI=1S/C16H22N4O2S/c1-12-10-18(3)14-7-5-6-8-15(14)20(11-12)23(21,22)16-9-17-19(4)13(16)2/h5-9,12H,10-11H2,1-4H3. The van der Waals surface area contributed by atoms with E-state index in [-0.39, 0.29) is 10.8 Å². The first-order valence-electron chi connectivity index (χ1n) is 7.64. The van der Waals surface area contributed by atoms with Crippen molar-refractivity contribution in [3.8, 4) is 0 Å². The lowest BCUT2D eigenvalue weighted by atomic mass is 10.2. The minimum Gasteiger partial charge on any atom is -0.373 e. The lowest BCUT2D eigenvalue weighted by Crippen LogP contribution is -2.35. The number of fused-ring (bicyclic) bond motifs is 1. The largest absolute Gasteiger partial charge is 0.373 e. The van der Waals surface area contributed by atoms with Crippen LogP contribution in [0.3, 0.4) is 0 Å². The number of aromatic nitrogens is 2. The second-order valence-electron chi connectivity index (χ2n) is 6.23. The number of hydrogen-bond donors (Lipinski definition) is 0. The van der Waals surface area contributed by atoms with Gasteiger partial charge in [0.1, 0.15) is 4.90 Å². The molecule has 0 spiro atoms. The van der Waals surface area contributed by atoms with Crippen LogP contribution in [0.25, 0.3) is 0 Å². The van der Waals surface area contributed by atoms with Crippen molar-refractivity contribution in [1.82, 2.24) is 9.78 Å². The van der Waals surface area contributed by atoms with Crippen molar-refractivity contribution in [3.63, 3.8) is 0 Å². The Hall–Kier alpha value is -2.02. The topological polar surface area (TPSA) is 58.4 Å². The molecule has 23 heavy (non-hydrogen) atoms. The second-order valence-corrected chi connectivity index (χ2v) is 8.06. The third kappa shape index (κ3) is 2.59. The van der Waals surface area contributed by atoms with Crippen molar-refractivity contribution in [2.45, 2.75) is 18.7 Å². The van der Waals surface area contributed by atoms with Crippen LogP contribution < -0.4 is 9.21 Å². The highest BCUT2D eigenvalue weighted by Crippen LogP contribution is 2.36. The molecule has 2 aromatic rings. The molecule has 124 valence electrons. The maximum atomic E-state index is 13.2. The van der Waals surface area contributed by atoms with E-state index in [0.717, 1.165) is 17.9 Å². The Bertz CT molecular complexity index is 828. The molecule has 2 heterocycles. The fourth-order valence-corrected chi connectivity index (χ4v) is 4.87. The Morgan fingerprint density at radius 2 is 1.78 bits per heavy atom. The molecule has 0 N–H and O–H groups in total. The number of anilines is 2. The van der Waals surface area contributed by atoms with Crippen LogP contribution in [0.15, 0.2) is 35.4 Å². The van der Waals surface area contributed by atoms with Gasteiger partial charge in [0.05, 0.1) is 23.3 Å². The van der Waals surface area contributed by atoms with Crippen LogP contribution in [0.1, 0.15) is 12.6 Å². The van der Waals surface area contributed by atoms with E-state index in [4.69, 9.17) is 0 Å². The molecule has 7 heteroatoms. The predicted octanol–water partition coefficient (Wildman–Crippen LogP) is 2.01. The Morgan fingerprint density at radius 1 is 1.13 bits per heavy atom. The summed E-state index contributed by atoms with van der Waals surface area (Å²) in [6.07, 6.45) is 1.44. The second kappa shape index (κ2) is 5.56. The van der Waals surface area contributed by atoms with Gasteiger partial charge in [-0.15, -0.1) is 0 Å². The van der Waals surface area contributed by atoms with E-state index in [1.807, 2.05) is 31.3 Å². The number of rotatable bonds is 2. The molecule has 3 rings (SSSR count). The Kier molecular flexibility index (Phi) is 3.83. The number of para-hydroxylation sites is 2. The van der Waals surface area contributed by atoms with Crippen LogP contribution in [0, 0.1) is 12.8 Å². The SMILES string of the molecule is Cc1c(S(=O)(=O)N2CC(C)CN(C)c3ccccc32)cnn1C. The van der Waals surface area contributed by atoms with Gasteiger partial charge in [0.25, 0.3) is 10.0 Å². The molecular weight excluding hydrogens is 312 g/mol. The van der Waals surface area contributed by atoms with Crippen LogP contribution in [0.4, 0.5) is 11.4 Å². The van der Waals surface area contributed by atoms with Crippen molar-refractivity contribution >= 4 is 21.4 Å². The molecule has 1 aromatic carbocycles. The molecule has 0 saturated heterocycles. The number of sulfonamides is 1. The molecule has 0 amide bonds. The van der Waals surface area contributed by atoms with Crippen LogP contribution in [-0.2, 0) is 17.1 Å². The molecule has 0 saturated carbocycles. The van der Waals surface area contributed by atoms with E-state index in [1.54, 1.807) is 18.7 Å². The van der Waals surface area contributed by atoms with E-state index in [2.05, 4.69) is 16.9 Å². The fraction of sp³-hybridized carbons (Fsp3) is 0.438. The highest BCUT2D eigenvalue weighted by molar-refractivity contribution is 7.92. The zero-order valence-corrected chi connectivity index (χ0v) is 14.7. The Labute approximate surface area is 137 Å². The lowest BCUT2D eigenvalue weighted by Gasteiger charge is -2.25. The van der Waals surface area contributed by atoms with Crippen molar-refractivity contribution in [2.24, 2.45) is 13.0 Å². The minimum atomic E-state index is -3.64. The van der Waals surface area contributed by atoms with Crippen molar-refractivity contribution < 1.29 is 8.42 Å². The molecule has 6 nitrogen and oxygen atoms in total. The molecular formula is C16H22N4O2S. The third-order valence-electron chi connectivity index (χ3n) is 4.38. The van der Waals surface area contributed by atoms with E-state index < -0.39 is 10.0 Å². The molecule has 1 aliphatic heterocycles. The molecule has 0 aliphatic carbocycles. The third-order valence-corrected chi connectivity index (χ3v) is 6.27. The molecule has 0 bridgehead atoms.